The van der Waals surface area contributed by atoms with Crippen LogP contribution >= 0.6 is 0 Å². The van der Waals surface area contributed by atoms with Crippen molar-refractivity contribution in [2.75, 3.05) is 26.4 Å². The Morgan fingerprint density at radius 1 is 0.893 bits per heavy atom. The summed E-state index contributed by atoms with van der Waals surface area (Å²) in [6.07, 6.45) is 0.230. The molecular formula is C19H35NO6Si2. The molecule has 28 heavy (non-hydrogen) atoms. The molecule has 2 amide bonds. The quantitative estimate of drug-likeness (QED) is 0.222. The zero-order chi connectivity index (χ0) is 21.5. The number of hydrogen-bond donors (Lipinski definition) is 0. The highest BCUT2D eigenvalue weighted by atomic mass is 28.3. The fourth-order valence-corrected chi connectivity index (χ4v) is 3.63. The fourth-order valence-electron chi connectivity index (χ4n) is 2.20. The molecule has 0 N–H and O–H groups in total. The number of nitrogens with zero attached hydrogens (tertiary/aromatic N) is 1. The van der Waals surface area contributed by atoms with E-state index < -0.39 is 34.3 Å². The average Bonchev–Trinajstić information content (AvgIpc) is 3.29. The minimum Gasteiger partial charge on any atom is -0.465 e. The van der Waals surface area contributed by atoms with Gasteiger partial charge in [0.15, 0.2) is 0 Å². The Kier molecular flexibility index (Phi) is 8.93. The third-order valence-electron chi connectivity index (χ3n) is 4.15. The molecule has 0 saturated carbocycles. The number of hydrogen-bond acceptors (Lipinski definition) is 6. The van der Waals surface area contributed by atoms with Crippen molar-refractivity contribution in [3.63, 3.8) is 0 Å². The molecule has 0 aromatic carbocycles. The Morgan fingerprint density at radius 2 is 1.36 bits per heavy atom. The van der Waals surface area contributed by atoms with Gasteiger partial charge in [0.05, 0.1) is 32.3 Å². The van der Waals surface area contributed by atoms with Gasteiger partial charge in [0.25, 0.3) is 0 Å². The van der Waals surface area contributed by atoms with Crippen LogP contribution in [0.1, 0.15) is 6.92 Å². The Labute approximate surface area is 170 Å². The summed E-state index contributed by atoms with van der Waals surface area (Å²) < 4.78 is 15.6. The number of esters is 1. The molecule has 0 fully saturated rings. The molecule has 9 heteroatoms. The van der Waals surface area contributed by atoms with Crippen molar-refractivity contribution in [2.45, 2.75) is 58.3 Å². The predicted octanol–water partition coefficient (Wildman–Crippen LogP) is 4.36. The molecule has 7 nitrogen and oxygen atoms in total. The molecule has 0 bridgehead atoms. The number of ether oxygens (including phenoxy) is 3. The zero-order valence-electron chi connectivity index (χ0n) is 18.3. The van der Waals surface area contributed by atoms with Gasteiger partial charge in [0.2, 0.25) is 0 Å². The van der Waals surface area contributed by atoms with Crippen LogP contribution in [0.2, 0.25) is 51.4 Å². The highest BCUT2D eigenvalue weighted by Gasteiger charge is 2.38. The molecule has 0 aliphatic heterocycles. The van der Waals surface area contributed by atoms with Crippen molar-refractivity contribution in [1.29, 1.82) is 0 Å². The van der Waals surface area contributed by atoms with Gasteiger partial charge in [-0.2, -0.15) is 0 Å². The van der Waals surface area contributed by atoms with E-state index in [1.54, 1.807) is 13.0 Å². The van der Waals surface area contributed by atoms with Gasteiger partial charge in [0.1, 0.15) is 0 Å². The molecule has 0 spiro atoms. The minimum absolute atomic E-state index is 0.0129. The number of imide groups is 1. The van der Waals surface area contributed by atoms with Crippen molar-refractivity contribution in [3.8, 4) is 0 Å². The van der Waals surface area contributed by atoms with Gasteiger partial charge >= 0.3 is 18.2 Å². The second kappa shape index (κ2) is 10.2. The van der Waals surface area contributed by atoms with E-state index in [0.717, 1.165) is 17.0 Å². The number of rotatable bonds is 10. The first-order valence-corrected chi connectivity index (χ1v) is 17.2. The maximum Gasteiger partial charge on any atom is 0.419 e. The van der Waals surface area contributed by atoms with Crippen molar-refractivity contribution in [1.82, 2.24) is 4.90 Å². The summed E-state index contributed by atoms with van der Waals surface area (Å²) in [6.45, 7) is 15.6. The Balaban J connectivity index is 2.66. The van der Waals surface area contributed by atoms with Crippen LogP contribution in [0.15, 0.2) is 11.6 Å². The molecule has 160 valence electrons. The summed E-state index contributed by atoms with van der Waals surface area (Å²) in [5.74, 6) is -0.830. The van der Waals surface area contributed by atoms with Gasteiger partial charge in [-0.15, -0.1) is 0 Å². The van der Waals surface area contributed by atoms with Gasteiger partial charge in [-0.3, -0.25) is 4.79 Å². The molecule has 1 aliphatic carbocycles. The van der Waals surface area contributed by atoms with E-state index >= 15 is 0 Å². The molecule has 0 saturated heterocycles. The van der Waals surface area contributed by atoms with E-state index in [0.29, 0.717) is 5.57 Å². The lowest BCUT2D eigenvalue weighted by Crippen LogP contribution is -2.40. The Bertz CT molecular complexity index is 575. The van der Waals surface area contributed by atoms with Crippen LogP contribution in [0.3, 0.4) is 0 Å². The maximum atomic E-state index is 12.5. The van der Waals surface area contributed by atoms with E-state index in [-0.39, 0.29) is 32.3 Å². The van der Waals surface area contributed by atoms with Crippen LogP contribution in [-0.4, -0.2) is 65.6 Å². The lowest BCUT2D eigenvalue weighted by molar-refractivity contribution is -0.144. The van der Waals surface area contributed by atoms with Crippen LogP contribution in [-0.2, 0) is 19.0 Å². The normalized spacial score (nSPS) is 16.1. The number of amides is 2. The van der Waals surface area contributed by atoms with Crippen LogP contribution in [0.25, 0.3) is 0 Å². The summed E-state index contributed by atoms with van der Waals surface area (Å²) in [7, 11) is -2.73. The first-order chi connectivity index (χ1) is 12.8. The topological polar surface area (TPSA) is 82.1 Å². The largest absolute Gasteiger partial charge is 0.465 e. The molecule has 0 aromatic heterocycles. The molecule has 1 aliphatic rings. The zero-order valence-corrected chi connectivity index (χ0v) is 20.3. The van der Waals surface area contributed by atoms with Gasteiger partial charge in [-0.05, 0) is 24.6 Å². The lowest BCUT2D eigenvalue weighted by Gasteiger charge is -2.22. The van der Waals surface area contributed by atoms with E-state index in [1.165, 1.54) is 0 Å². The van der Waals surface area contributed by atoms with Gasteiger partial charge in [-0.1, -0.05) is 45.4 Å². The smallest absolute Gasteiger partial charge is 0.419 e. The second-order valence-electron chi connectivity index (χ2n) is 9.41. The van der Waals surface area contributed by atoms with E-state index in [1.807, 2.05) is 0 Å². The highest BCUT2D eigenvalue weighted by Crippen LogP contribution is 2.31. The minimum atomic E-state index is -1.36. The molecule has 1 rings (SSSR count). The standard InChI is InChI=1S/C19H35NO6Si2/c1-8-24-17(21)16-13-15(16)14-20(18(22)25-9-11-27(2,3)4)19(23)26-10-12-28(5,6)7/h13,16H,8-12,14H2,1-7H3. The van der Waals surface area contributed by atoms with Crippen LogP contribution < -0.4 is 0 Å². The SMILES string of the molecule is CCOC(=O)C1C=C1CN(C(=O)OCC[Si](C)(C)C)C(=O)OCC[Si](C)(C)C. The summed E-state index contributed by atoms with van der Waals surface area (Å²) in [5.41, 5.74) is 0.669. The van der Waals surface area contributed by atoms with Crippen molar-refractivity contribution < 1.29 is 28.6 Å². The third-order valence-corrected chi connectivity index (χ3v) is 7.56. The Hall–Kier alpha value is -1.62. The molecule has 0 radical (unpaired) electrons. The van der Waals surface area contributed by atoms with Crippen molar-refractivity contribution in [3.05, 3.63) is 11.6 Å². The highest BCUT2D eigenvalue weighted by molar-refractivity contribution is 6.76. The van der Waals surface area contributed by atoms with Gasteiger partial charge in [0, 0.05) is 16.1 Å². The molecule has 0 heterocycles. The number of carbonyl (C=O) groups is 3. The fraction of sp³-hybridized carbons (Fsp3) is 0.737. The van der Waals surface area contributed by atoms with E-state index in [9.17, 15) is 14.4 Å². The van der Waals surface area contributed by atoms with E-state index in [2.05, 4.69) is 39.3 Å². The van der Waals surface area contributed by atoms with Crippen LogP contribution in [0.5, 0.6) is 0 Å². The monoisotopic (exact) mass is 429 g/mol. The first-order valence-electron chi connectivity index (χ1n) is 9.82. The van der Waals surface area contributed by atoms with Crippen LogP contribution in [0, 0.1) is 5.92 Å². The van der Waals surface area contributed by atoms with Crippen LogP contribution in [0.4, 0.5) is 9.59 Å². The summed E-state index contributed by atoms with van der Waals surface area (Å²) in [6, 6.07) is 1.62. The molecule has 0 aromatic rings. The summed E-state index contributed by atoms with van der Waals surface area (Å²) >= 11 is 0. The third kappa shape index (κ3) is 9.54. The average molecular weight is 430 g/mol. The van der Waals surface area contributed by atoms with Crippen molar-refractivity contribution >= 4 is 34.3 Å². The summed E-state index contributed by atoms with van der Waals surface area (Å²) in [5, 5.41) is 0. The summed E-state index contributed by atoms with van der Waals surface area (Å²) in [4.78, 5) is 37.7. The Morgan fingerprint density at radius 3 is 1.75 bits per heavy atom. The predicted molar refractivity (Wildman–Crippen MR) is 114 cm³/mol. The van der Waals surface area contributed by atoms with E-state index in [4.69, 9.17) is 14.2 Å². The van der Waals surface area contributed by atoms with Gasteiger partial charge in [-0.25, -0.2) is 14.5 Å². The first kappa shape index (κ1) is 24.4. The molecule has 1 unspecified atom stereocenters. The lowest BCUT2D eigenvalue weighted by atomic mass is 10.3. The van der Waals surface area contributed by atoms with Crippen molar-refractivity contribution in [2.24, 2.45) is 5.92 Å². The number of carbonyl (C=O) groups excluding carboxylic acids is 3. The molecular weight excluding hydrogens is 394 g/mol. The molecule has 1 atom stereocenters. The van der Waals surface area contributed by atoms with Gasteiger partial charge < -0.3 is 14.2 Å². The second-order valence-corrected chi connectivity index (χ2v) is 20.7. The maximum absolute atomic E-state index is 12.5.